The number of oxazole rings is 1. The SMILES string of the molecule is Cc1nc(CNC(=O)C2(CN)CCC(C)CC2)oc1C. The molecule has 0 radical (unpaired) electrons. The molecule has 1 aromatic rings. The molecule has 0 spiro atoms. The summed E-state index contributed by atoms with van der Waals surface area (Å²) in [7, 11) is 0. The lowest BCUT2D eigenvalue weighted by atomic mass is 9.70. The largest absolute Gasteiger partial charge is 0.444 e. The second-order valence-electron chi connectivity index (χ2n) is 6.10. The molecule has 1 aliphatic carbocycles. The summed E-state index contributed by atoms with van der Waals surface area (Å²) in [6.45, 7) is 6.75. The van der Waals surface area contributed by atoms with Crippen LogP contribution in [-0.4, -0.2) is 17.4 Å². The van der Waals surface area contributed by atoms with Crippen molar-refractivity contribution >= 4 is 5.91 Å². The van der Waals surface area contributed by atoms with Crippen LogP contribution in [0, 0.1) is 25.2 Å². The molecule has 1 heterocycles. The molecule has 1 aliphatic rings. The molecule has 0 atom stereocenters. The number of aryl methyl sites for hydroxylation is 2. The smallest absolute Gasteiger partial charge is 0.227 e. The van der Waals surface area contributed by atoms with E-state index in [2.05, 4.69) is 17.2 Å². The van der Waals surface area contributed by atoms with Crippen molar-refractivity contribution in [1.82, 2.24) is 10.3 Å². The number of rotatable bonds is 4. The third kappa shape index (κ3) is 3.03. The first-order chi connectivity index (χ1) is 9.47. The van der Waals surface area contributed by atoms with Crippen LogP contribution in [-0.2, 0) is 11.3 Å². The normalized spacial score (nSPS) is 26.5. The number of aromatic nitrogens is 1. The highest BCUT2D eigenvalue weighted by atomic mass is 16.4. The monoisotopic (exact) mass is 279 g/mol. The van der Waals surface area contributed by atoms with E-state index in [9.17, 15) is 4.79 Å². The summed E-state index contributed by atoms with van der Waals surface area (Å²) in [6.07, 6.45) is 3.89. The van der Waals surface area contributed by atoms with Crippen molar-refractivity contribution < 1.29 is 9.21 Å². The van der Waals surface area contributed by atoms with Gasteiger partial charge in [-0.1, -0.05) is 6.92 Å². The third-order valence-corrected chi connectivity index (χ3v) is 4.58. The molecule has 0 bridgehead atoms. The predicted molar refractivity (Wildman–Crippen MR) is 76.9 cm³/mol. The van der Waals surface area contributed by atoms with E-state index in [-0.39, 0.29) is 5.91 Å². The number of nitrogens with one attached hydrogen (secondary N) is 1. The summed E-state index contributed by atoms with van der Waals surface area (Å²) in [5.74, 6) is 2.10. The average Bonchev–Trinajstić information content (AvgIpc) is 2.76. The number of hydrogen-bond donors (Lipinski definition) is 2. The lowest BCUT2D eigenvalue weighted by Crippen LogP contribution is -2.47. The molecule has 0 aromatic carbocycles. The van der Waals surface area contributed by atoms with Gasteiger partial charge >= 0.3 is 0 Å². The van der Waals surface area contributed by atoms with E-state index < -0.39 is 5.41 Å². The number of amides is 1. The Bertz CT molecular complexity index is 454. The zero-order chi connectivity index (χ0) is 14.8. The maximum atomic E-state index is 12.5. The second kappa shape index (κ2) is 5.95. The Hall–Kier alpha value is -1.36. The van der Waals surface area contributed by atoms with Crippen molar-refractivity contribution in [1.29, 1.82) is 0 Å². The van der Waals surface area contributed by atoms with Crippen molar-refractivity contribution in [3.8, 4) is 0 Å². The van der Waals surface area contributed by atoms with Crippen molar-refractivity contribution in [3.05, 3.63) is 17.3 Å². The molecule has 5 nitrogen and oxygen atoms in total. The lowest BCUT2D eigenvalue weighted by molar-refractivity contribution is -0.133. The highest BCUT2D eigenvalue weighted by molar-refractivity contribution is 5.82. The molecule has 0 aliphatic heterocycles. The highest BCUT2D eigenvalue weighted by Gasteiger charge is 2.39. The van der Waals surface area contributed by atoms with Gasteiger partial charge in [-0.25, -0.2) is 4.98 Å². The summed E-state index contributed by atoms with van der Waals surface area (Å²) >= 11 is 0. The Kier molecular flexibility index (Phi) is 4.48. The average molecular weight is 279 g/mol. The van der Waals surface area contributed by atoms with Gasteiger partial charge < -0.3 is 15.5 Å². The molecule has 2 rings (SSSR count). The first kappa shape index (κ1) is 15.0. The van der Waals surface area contributed by atoms with Gasteiger partial charge in [0.2, 0.25) is 11.8 Å². The summed E-state index contributed by atoms with van der Waals surface area (Å²) in [5.41, 5.74) is 6.35. The van der Waals surface area contributed by atoms with Gasteiger partial charge in [-0.3, -0.25) is 4.79 Å². The number of hydrogen-bond acceptors (Lipinski definition) is 4. The highest BCUT2D eigenvalue weighted by Crippen LogP contribution is 2.38. The molecule has 1 amide bonds. The van der Waals surface area contributed by atoms with Crippen LogP contribution in [0.3, 0.4) is 0 Å². The van der Waals surface area contributed by atoms with Crippen LogP contribution in [0.5, 0.6) is 0 Å². The Labute approximate surface area is 120 Å². The minimum Gasteiger partial charge on any atom is -0.444 e. The van der Waals surface area contributed by atoms with Crippen LogP contribution in [0.4, 0.5) is 0 Å². The summed E-state index contributed by atoms with van der Waals surface area (Å²) in [6, 6.07) is 0. The fourth-order valence-electron chi connectivity index (χ4n) is 2.80. The first-order valence-corrected chi connectivity index (χ1v) is 7.38. The maximum absolute atomic E-state index is 12.5. The summed E-state index contributed by atoms with van der Waals surface area (Å²) in [4.78, 5) is 16.7. The molecule has 20 heavy (non-hydrogen) atoms. The van der Waals surface area contributed by atoms with E-state index in [0.29, 0.717) is 24.9 Å². The van der Waals surface area contributed by atoms with Crippen LogP contribution in [0.2, 0.25) is 0 Å². The lowest BCUT2D eigenvalue weighted by Gasteiger charge is -2.37. The van der Waals surface area contributed by atoms with Crippen LogP contribution in [0.1, 0.15) is 50.0 Å². The number of nitrogens with two attached hydrogens (primary N) is 1. The van der Waals surface area contributed by atoms with Gasteiger partial charge in [0.05, 0.1) is 17.7 Å². The molecular weight excluding hydrogens is 254 g/mol. The van der Waals surface area contributed by atoms with Gasteiger partial charge in [-0.2, -0.15) is 0 Å². The van der Waals surface area contributed by atoms with Gasteiger partial charge in [0.15, 0.2) is 0 Å². The number of carbonyl (C=O) groups is 1. The first-order valence-electron chi connectivity index (χ1n) is 7.38. The Balaban J connectivity index is 1.96. The second-order valence-corrected chi connectivity index (χ2v) is 6.10. The topological polar surface area (TPSA) is 81.2 Å². The fraction of sp³-hybridized carbons (Fsp3) is 0.733. The van der Waals surface area contributed by atoms with E-state index in [1.807, 2.05) is 13.8 Å². The molecule has 5 heteroatoms. The molecule has 3 N–H and O–H groups in total. The Morgan fingerprint density at radius 1 is 1.45 bits per heavy atom. The van der Waals surface area contributed by atoms with Crippen LogP contribution >= 0.6 is 0 Å². The van der Waals surface area contributed by atoms with Crippen LogP contribution in [0.15, 0.2) is 4.42 Å². The van der Waals surface area contributed by atoms with E-state index in [4.69, 9.17) is 10.2 Å². The zero-order valence-corrected chi connectivity index (χ0v) is 12.7. The van der Waals surface area contributed by atoms with E-state index >= 15 is 0 Å². The predicted octanol–water partition coefficient (Wildman–Crippen LogP) is 2.06. The Morgan fingerprint density at radius 2 is 2.10 bits per heavy atom. The van der Waals surface area contributed by atoms with Gasteiger partial charge in [0.1, 0.15) is 5.76 Å². The molecule has 1 saturated carbocycles. The molecule has 1 aromatic heterocycles. The molecule has 0 saturated heterocycles. The third-order valence-electron chi connectivity index (χ3n) is 4.58. The molecular formula is C15H25N3O2. The zero-order valence-electron chi connectivity index (χ0n) is 12.7. The van der Waals surface area contributed by atoms with Crippen molar-refractivity contribution in [3.63, 3.8) is 0 Å². The van der Waals surface area contributed by atoms with Crippen molar-refractivity contribution in [2.75, 3.05) is 6.54 Å². The summed E-state index contributed by atoms with van der Waals surface area (Å²) < 4.78 is 5.48. The van der Waals surface area contributed by atoms with Gasteiger partial charge in [0, 0.05) is 6.54 Å². The minimum atomic E-state index is -0.400. The Morgan fingerprint density at radius 3 is 2.60 bits per heavy atom. The maximum Gasteiger partial charge on any atom is 0.227 e. The van der Waals surface area contributed by atoms with E-state index in [1.165, 1.54) is 0 Å². The minimum absolute atomic E-state index is 0.0420. The molecule has 0 unspecified atom stereocenters. The van der Waals surface area contributed by atoms with E-state index in [1.54, 1.807) is 0 Å². The molecule has 1 fully saturated rings. The standard InChI is InChI=1S/C15H25N3O2/c1-10-4-6-15(9-16,7-5-10)14(19)17-8-13-18-11(2)12(3)20-13/h10H,4-9,16H2,1-3H3,(H,17,19). The number of carbonyl (C=O) groups excluding carboxylic acids is 1. The van der Waals surface area contributed by atoms with Gasteiger partial charge in [-0.15, -0.1) is 0 Å². The van der Waals surface area contributed by atoms with Crippen molar-refractivity contribution in [2.45, 2.75) is 53.0 Å². The van der Waals surface area contributed by atoms with Crippen LogP contribution < -0.4 is 11.1 Å². The van der Waals surface area contributed by atoms with Gasteiger partial charge in [0.25, 0.3) is 0 Å². The van der Waals surface area contributed by atoms with Crippen LogP contribution in [0.25, 0.3) is 0 Å². The quantitative estimate of drug-likeness (QED) is 0.884. The fourth-order valence-corrected chi connectivity index (χ4v) is 2.80. The summed E-state index contributed by atoms with van der Waals surface area (Å²) in [5, 5.41) is 2.94. The van der Waals surface area contributed by atoms with Gasteiger partial charge in [-0.05, 0) is 45.4 Å². The number of nitrogens with zero attached hydrogens (tertiary/aromatic N) is 1. The molecule has 112 valence electrons. The van der Waals surface area contributed by atoms with Crippen molar-refractivity contribution in [2.24, 2.45) is 17.1 Å². The van der Waals surface area contributed by atoms with E-state index in [0.717, 1.165) is 37.1 Å².